The van der Waals surface area contributed by atoms with Crippen LogP contribution >= 0.6 is 0 Å². The molecule has 1 atom stereocenters. The Hall–Kier alpha value is -3.15. The number of anilines is 2. The molecule has 6 nitrogen and oxygen atoms in total. The second kappa shape index (κ2) is 7.11. The summed E-state index contributed by atoms with van der Waals surface area (Å²) in [5.74, 6) is -0.911. The summed E-state index contributed by atoms with van der Waals surface area (Å²) in [6.45, 7) is 2.15. The lowest BCUT2D eigenvalue weighted by molar-refractivity contribution is -0.124. The van der Waals surface area contributed by atoms with E-state index in [0.29, 0.717) is 16.9 Å². The lowest BCUT2D eigenvalue weighted by Crippen LogP contribution is -2.68. The molecule has 0 unspecified atom stereocenters. The fourth-order valence-corrected chi connectivity index (χ4v) is 3.94. The molecule has 144 valence electrons. The van der Waals surface area contributed by atoms with Crippen LogP contribution in [0.2, 0.25) is 0 Å². The van der Waals surface area contributed by atoms with Crippen LogP contribution in [0, 0.1) is 0 Å². The first-order valence-electron chi connectivity index (χ1n) is 9.70. The Morgan fingerprint density at radius 2 is 1.89 bits per heavy atom. The number of unbranched alkanes of at least 4 members (excludes halogenated alkanes) is 1. The second-order valence-electron chi connectivity index (χ2n) is 7.32. The molecule has 3 amide bonds. The van der Waals surface area contributed by atoms with Gasteiger partial charge < -0.3 is 10.6 Å². The van der Waals surface area contributed by atoms with Crippen LogP contribution in [0.3, 0.4) is 0 Å². The fourth-order valence-electron chi connectivity index (χ4n) is 3.94. The van der Waals surface area contributed by atoms with Gasteiger partial charge in [-0.25, -0.2) is 0 Å². The number of carbonyl (C=O) groups is 3. The highest BCUT2D eigenvalue weighted by Crippen LogP contribution is 2.39. The van der Waals surface area contributed by atoms with Gasteiger partial charge in [0.15, 0.2) is 0 Å². The summed E-state index contributed by atoms with van der Waals surface area (Å²) >= 11 is 0. The molecule has 0 radical (unpaired) electrons. The molecule has 0 aliphatic carbocycles. The minimum absolute atomic E-state index is 0.169. The van der Waals surface area contributed by atoms with Crippen LogP contribution in [0.1, 0.15) is 48.5 Å². The maximum atomic E-state index is 13.2. The molecule has 6 heteroatoms. The molecule has 28 heavy (non-hydrogen) atoms. The van der Waals surface area contributed by atoms with Gasteiger partial charge in [-0.15, -0.1) is 0 Å². The number of hydrogen-bond donors (Lipinski definition) is 2. The van der Waals surface area contributed by atoms with Crippen molar-refractivity contribution < 1.29 is 14.4 Å². The Morgan fingerprint density at radius 3 is 2.64 bits per heavy atom. The standard InChI is InChI=1S/C22H23N3O3/c1-2-3-6-15-9-11-16(12-10-15)23-21(28)22-14-13-19(26)25(22)18-8-5-4-7-17(18)20(27)24-22/h4-5,7-12H,2-3,6,13-14H2,1H3,(H,23,28)(H,24,27)/t22-/m0/s1. The molecule has 2 aliphatic heterocycles. The molecule has 4 rings (SSSR count). The predicted octanol–water partition coefficient (Wildman–Crippen LogP) is 3.23. The molecule has 2 aromatic rings. The summed E-state index contributed by atoms with van der Waals surface area (Å²) in [6.07, 6.45) is 3.71. The smallest absolute Gasteiger partial charge is 0.271 e. The molecule has 2 aliphatic rings. The third kappa shape index (κ3) is 2.95. The Kier molecular flexibility index (Phi) is 4.63. The van der Waals surface area contributed by atoms with Crippen LogP contribution in [0.5, 0.6) is 0 Å². The number of para-hydroxylation sites is 1. The molecule has 2 N–H and O–H groups in total. The van der Waals surface area contributed by atoms with Gasteiger partial charge >= 0.3 is 0 Å². The minimum Gasteiger partial charge on any atom is -0.322 e. The zero-order valence-corrected chi connectivity index (χ0v) is 15.8. The first-order valence-corrected chi connectivity index (χ1v) is 9.70. The van der Waals surface area contributed by atoms with E-state index in [1.165, 1.54) is 10.5 Å². The van der Waals surface area contributed by atoms with E-state index in [4.69, 9.17) is 0 Å². The summed E-state index contributed by atoms with van der Waals surface area (Å²) in [6, 6.07) is 14.6. The van der Waals surface area contributed by atoms with Gasteiger partial charge in [0.1, 0.15) is 0 Å². The molecular formula is C22H23N3O3. The molecule has 2 heterocycles. The van der Waals surface area contributed by atoms with Crippen LogP contribution in [0.15, 0.2) is 48.5 Å². The summed E-state index contributed by atoms with van der Waals surface area (Å²) in [5.41, 5.74) is 1.37. The zero-order chi connectivity index (χ0) is 19.7. The second-order valence-corrected chi connectivity index (χ2v) is 7.32. The van der Waals surface area contributed by atoms with E-state index < -0.39 is 11.6 Å². The summed E-state index contributed by atoms with van der Waals surface area (Å²) in [5, 5.41) is 5.67. The van der Waals surface area contributed by atoms with Crippen LogP contribution < -0.4 is 15.5 Å². The first-order chi connectivity index (χ1) is 13.5. The van der Waals surface area contributed by atoms with Gasteiger partial charge in [-0.3, -0.25) is 19.3 Å². The van der Waals surface area contributed by atoms with Gasteiger partial charge in [-0.05, 0) is 42.7 Å². The fraction of sp³-hybridized carbons (Fsp3) is 0.318. The summed E-state index contributed by atoms with van der Waals surface area (Å²) < 4.78 is 0. The normalized spacial score (nSPS) is 20.4. The monoisotopic (exact) mass is 377 g/mol. The molecule has 0 bridgehead atoms. The number of aryl methyl sites for hydroxylation is 1. The van der Waals surface area contributed by atoms with Crippen molar-refractivity contribution in [2.45, 2.75) is 44.7 Å². The third-order valence-corrected chi connectivity index (χ3v) is 5.45. The number of nitrogens with zero attached hydrogens (tertiary/aromatic N) is 1. The number of nitrogens with one attached hydrogen (secondary N) is 2. The van der Waals surface area contributed by atoms with Gasteiger partial charge in [0.05, 0.1) is 11.3 Å². The van der Waals surface area contributed by atoms with Crippen molar-refractivity contribution in [2.75, 3.05) is 10.2 Å². The topological polar surface area (TPSA) is 78.5 Å². The van der Waals surface area contributed by atoms with Gasteiger partial charge in [0.2, 0.25) is 11.6 Å². The van der Waals surface area contributed by atoms with E-state index in [1.807, 2.05) is 24.3 Å². The number of hydrogen-bond acceptors (Lipinski definition) is 3. The molecule has 0 spiro atoms. The van der Waals surface area contributed by atoms with Crippen molar-refractivity contribution in [2.24, 2.45) is 0 Å². The molecule has 1 saturated heterocycles. The number of rotatable bonds is 5. The molecular weight excluding hydrogens is 354 g/mol. The lowest BCUT2D eigenvalue weighted by Gasteiger charge is -2.41. The Morgan fingerprint density at radius 1 is 1.14 bits per heavy atom. The van der Waals surface area contributed by atoms with E-state index in [9.17, 15) is 14.4 Å². The average Bonchev–Trinajstić information content (AvgIpc) is 3.05. The van der Waals surface area contributed by atoms with Crippen molar-refractivity contribution >= 4 is 29.1 Å². The molecule has 0 saturated carbocycles. The van der Waals surface area contributed by atoms with E-state index in [1.54, 1.807) is 24.3 Å². The van der Waals surface area contributed by atoms with E-state index in [-0.39, 0.29) is 24.7 Å². The average molecular weight is 377 g/mol. The molecule has 2 aromatic carbocycles. The van der Waals surface area contributed by atoms with Crippen LogP contribution in [0.4, 0.5) is 11.4 Å². The Bertz CT molecular complexity index is 938. The SMILES string of the molecule is CCCCc1ccc(NC(=O)[C@]23CCC(=O)N2c2ccccc2C(=O)N3)cc1. The van der Waals surface area contributed by atoms with Crippen LogP contribution in [-0.4, -0.2) is 23.4 Å². The van der Waals surface area contributed by atoms with Crippen molar-refractivity contribution in [3.63, 3.8) is 0 Å². The molecule has 0 aromatic heterocycles. The van der Waals surface area contributed by atoms with Gasteiger partial charge in [0.25, 0.3) is 11.8 Å². The lowest BCUT2D eigenvalue weighted by atomic mass is 9.98. The third-order valence-electron chi connectivity index (χ3n) is 5.45. The van der Waals surface area contributed by atoms with Crippen molar-refractivity contribution in [3.8, 4) is 0 Å². The maximum Gasteiger partial charge on any atom is 0.271 e. The van der Waals surface area contributed by atoms with E-state index >= 15 is 0 Å². The van der Waals surface area contributed by atoms with E-state index in [2.05, 4.69) is 17.6 Å². The zero-order valence-electron chi connectivity index (χ0n) is 15.8. The van der Waals surface area contributed by atoms with Crippen LogP contribution in [0.25, 0.3) is 0 Å². The van der Waals surface area contributed by atoms with Crippen molar-refractivity contribution in [1.82, 2.24) is 5.32 Å². The number of fused-ring (bicyclic) bond motifs is 3. The van der Waals surface area contributed by atoms with E-state index in [0.717, 1.165) is 19.3 Å². The van der Waals surface area contributed by atoms with Crippen LogP contribution in [-0.2, 0) is 16.0 Å². The van der Waals surface area contributed by atoms with Gasteiger partial charge in [-0.1, -0.05) is 37.6 Å². The first kappa shape index (κ1) is 18.2. The predicted molar refractivity (Wildman–Crippen MR) is 107 cm³/mol. The highest BCUT2D eigenvalue weighted by molar-refractivity contribution is 6.18. The maximum absolute atomic E-state index is 13.2. The minimum atomic E-state index is -1.39. The van der Waals surface area contributed by atoms with Crippen molar-refractivity contribution in [3.05, 3.63) is 59.7 Å². The number of benzene rings is 2. The highest BCUT2D eigenvalue weighted by atomic mass is 16.2. The number of amides is 3. The summed E-state index contributed by atoms with van der Waals surface area (Å²) in [4.78, 5) is 39.8. The van der Waals surface area contributed by atoms with Crippen molar-refractivity contribution in [1.29, 1.82) is 0 Å². The van der Waals surface area contributed by atoms with Gasteiger partial charge in [0, 0.05) is 18.5 Å². The van der Waals surface area contributed by atoms with Gasteiger partial charge in [-0.2, -0.15) is 0 Å². The Balaban J connectivity index is 1.61. The largest absolute Gasteiger partial charge is 0.322 e. The highest BCUT2D eigenvalue weighted by Gasteiger charge is 2.56. The molecule has 1 fully saturated rings. The Labute approximate surface area is 163 Å². The summed E-state index contributed by atoms with van der Waals surface area (Å²) in [7, 11) is 0. The number of carbonyl (C=O) groups excluding carboxylic acids is 3. The quantitative estimate of drug-likeness (QED) is 0.840.